The first-order chi connectivity index (χ1) is 11.8. The summed E-state index contributed by atoms with van der Waals surface area (Å²) in [5.41, 5.74) is 1.14. The maximum atomic E-state index is 5.98. The minimum Gasteiger partial charge on any atom is -0.381 e. The van der Waals surface area contributed by atoms with Gasteiger partial charge in [0.05, 0.1) is 18.6 Å². The molecule has 0 spiro atoms. The normalized spacial score (nSPS) is 31.0. The lowest BCUT2D eigenvalue weighted by Crippen LogP contribution is -2.27. The Hall–Kier alpha value is -1.24. The average molecular weight is 391 g/mol. The van der Waals surface area contributed by atoms with Crippen LogP contribution in [0.5, 0.6) is 0 Å². The van der Waals surface area contributed by atoms with E-state index in [2.05, 4.69) is 39.3 Å². The van der Waals surface area contributed by atoms with Crippen LogP contribution < -0.4 is 0 Å². The Morgan fingerprint density at radius 3 is 2.88 bits per heavy atom. The topological polar surface area (TPSA) is 57.4 Å². The fraction of sp³-hybridized carbons (Fsp3) is 0.556. The molecular weight excluding hydrogens is 372 g/mol. The SMILES string of the molecule is Brc1ccccc1C1(c2noc([C@@H]3OC[C@@H]4COCC[C@H]43)n2)CC1. The third kappa shape index (κ3) is 2.27. The van der Waals surface area contributed by atoms with Crippen molar-refractivity contribution in [3.8, 4) is 0 Å². The molecule has 0 bridgehead atoms. The van der Waals surface area contributed by atoms with Gasteiger partial charge in [0.1, 0.15) is 6.10 Å². The van der Waals surface area contributed by atoms with Gasteiger partial charge in [0.15, 0.2) is 5.82 Å². The Balaban J connectivity index is 1.45. The number of rotatable bonds is 3. The van der Waals surface area contributed by atoms with E-state index in [0.717, 1.165) is 49.4 Å². The second kappa shape index (κ2) is 5.64. The van der Waals surface area contributed by atoms with Gasteiger partial charge in [0.25, 0.3) is 5.89 Å². The van der Waals surface area contributed by atoms with Gasteiger partial charge in [0.2, 0.25) is 0 Å². The van der Waals surface area contributed by atoms with Crippen LogP contribution in [0.1, 0.15) is 42.6 Å². The fourth-order valence-electron chi connectivity index (χ4n) is 4.12. The largest absolute Gasteiger partial charge is 0.381 e. The van der Waals surface area contributed by atoms with Gasteiger partial charge in [-0.05, 0) is 30.9 Å². The molecule has 1 saturated carbocycles. The molecule has 1 aromatic carbocycles. The van der Waals surface area contributed by atoms with Crippen molar-refractivity contribution in [1.29, 1.82) is 0 Å². The summed E-state index contributed by atoms with van der Waals surface area (Å²) in [5.74, 6) is 2.32. The van der Waals surface area contributed by atoms with E-state index in [4.69, 9.17) is 19.0 Å². The highest BCUT2D eigenvalue weighted by molar-refractivity contribution is 9.10. The van der Waals surface area contributed by atoms with Crippen LogP contribution in [0, 0.1) is 11.8 Å². The zero-order valence-corrected chi connectivity index (χ0v) is 14.9. The zero-order chi connectivity index (χ0) is 16.1. The highest BCUT2D eigenvalue weighted by atomic mass is 79.9. The molecule has 3 fully saturated rings. The third-order valence-electron chi connectivity index (χ3n) is 5.66. The van der Waals surface area contributed by atoms with Crippen molar-refractivity contribution in [2.75, 3.05) is 19.8 Å². The monoisotopic (exact) mass is 390 g/mol. The van der Waals surface area contributed by atoms with Crippen LogP contribution in [0.25, 0.3) is 0 Å². The van der Waals surface area contributed by atoms with Gasteiger partial charge < -0.3 is 14.0 Å². The standard InChI is InChI=1S/C18H19BrN2O3/c19-14-4-2-1-3-13(14)18(6-7-18)17-20-16(24-21-17)15-12-5-8-22-9-11(12)10-23-15/h1-4,11-12,15H,5-10H2/t11-,12+,15+/m0/s1. The Kier molecular flexibility index (Phi) is 3.54. The molecule has 0 unspecified atom stereocenters. The summed E-state index contributed by atoms with van der Waals surface area (Å²) < 4.78 is 18.3. The molecule has 0 radical (unpaired) electrons. The molecule has 5 rings (SSSR count). The van der Waals surface area contributed by atoms with Gasteiger partial charge in [-0.15, -0.1) is 0 Å². The van der Waals surface area contributed by atoms with Crippen molar-refractivity contribution in [3.63, 3.8) is 0 Å². The summed E-state index contributed by atoms with van der Waals surface area (Å²) in [7, 11) is 0. The van der Waals surface area contributed by atoms with Crippen molar-refractivity contribution >= 4 is 15.9 Å². The number of halogens is 1. The van der Waals surface area contributed by atoms with Gasteiger partial charge in [-0.2, -0.15) is 4.98 Å². The first-order valence-corrected chi connectivity index (χ1v) is 9.36. The van der Waals surface area contributed by atoms with E-state index in [1.165, 1.54) is 5.56 Å². The second-order valence-corrected chi connectivity index (χ2v) is 7.91. The maximum Gasteiger partial charge on any atom is 0.256 e. The van der Waals surface area contributed by atoms with Gasteiger partial charge >= 0.3 is 0 Å². The second-order valence-electron chi connectivity index (χ2n) is 7.06. The molecule has 0 N–H and O–H groups in total. The van der Waals surface area contributed by atoms with Crippen LogP contribution in [-0.4, -0.2) is 30.0 Å². The number of nitrogens with zero attached hydrogens (tertiary/aromatic N) is 2. The highest BCUT2D eigenvalue weighted by Gasteiger charge is 2.52. The van der Waals surface area contributed by atoms with Crippen LogP contribution in [0.2, 0.25) is 0 Å². The van der Waals surface area contributed by atoms with Crippen molar-refractivity contribution in [2.24, 2.45) is 11.8 Å². The summed E-state index contributed by atoms with van der Waals surface area (Å²) in [6.07, 6.45) is 3.04. The van der Waals surface area contributed by atoms with Crippen molar-refractivity contribution in [3.05, 3.63) is 46.0 Å². The van der Waals surface area contributed by atoms with Gasteiger partial charge in [-0.3, -0.25) is 0 Å². The molecule has 1 aromatic heterocycles. The Morgan fingerprint density at radius 1 is 1.17 bits per heavy atom. The van der Waals surface area contributed by atoms with Gasteiger partial charge in [-0.25, -0.2) is 0 Å². The zero-order valence-electron chi connectivity index (χ0n) is 13.3. The fourth-order valence-corrected chi connectivity index (χ4v) is 4.79. The number of hydrogen-bond donors (Lipinski definition) is 0. The lowest BCUT2D eigenvalue weighted by molar-refractivity contribution is 0.0217. The van der Waals surface area contributed by atoms with E-state index in [0.29, 0.717) is 17.7 Å². The van der Waals surface area contributed by atoms with Crippen LogP contribution in [0.3, 0.4) is 0 Å². The minimum absolute atomic E-state index is 0.0739. The number of fused-ring (bicyclic) bond motifs is 1. The molecule has 2 aliphatic heterocycles. The molecule has 2 saturated heterocycles. The molecule has 0 amide bonds. The van der Waals surface area contributed by atoms with Gasteiger partial charge in [-0.1, -0.05) is 39.3 Å². The maximum absolute atomic E-state index is 5.98. The molecule has 3 atom stereocenters. The van der Waals surface area contributed by atoms with Crippen LogP contribution in [0.4, 0.5) is 0 Å². The number of aromatic nitrogens is 2. The number of ether oxygens (including phenoxy) is 2. The number of hydrogen-bond acceptors (Lipinski definition) is 5. The van der Waals surface area contributed by atoms with Gasteiger partial charge in [0, 0.05) is 22.9 Å². The van der Waals surface area contributed by atoms with Crippen molar-refractivity contribution in [1.82, 2.24) is 10.1 Å². The average Bonchev–Trinajstić information content (AvgIpc) is 3.07. The van der Waals surface area contributed by atoms with E-state index < -0.39 is 0 Å². The third-order valence-corrected chi connectivity index (χ3v) is 6.36. The Morgan fingerprint density at radius 2 is 2.04 bits per heavy atom. The summed E-state index contributed by atoms with van der Waals surface area (Å²) >= 11 is 3.66. The molecular formula is C18H19BrN2O3. The summed E-state index contributed by atoms with van der Waals surface area (Å²) in [6.45, 7) is 2.30. The number of benzene rings is 1. The minimum atomic E-state index is -0.102. The van der Waals surface area contributed by atoms with Crippen LogP contribution in [-0.2, 0) is 14.9 Å². The highest BCUT2D eigenvalue weighted by Crippen LogP contribution is 2.54. The molecule has 3 heterocycles. The van der Waals surface area contributed by atoms with E-state index >= 15 is 0 Å². The molecule has 5 nitrogen and oxygen atoms in total. The molecule has 24 heavy (non-hydrogen) atoms. The van der Waals surface area contributed by atoms with E-state index in [1.54, 1.807) is 0 Å². The van der Waals surface area contributed by atoms with E-state index in [9.17, 15) is 0 Å². The van der Waals surface area contributed by atoms with Crippen molar-refractivity contribution < 1.29 is 14.0 Å². The predicted octanol–water partition coefficient (Wildman–Crippen LogP) is 3.64. The first-order valence-electron chi connectivity index (χ1n) is 8.56. The smallest absolute Gasteiger partial charge is 0.256 e. The summed E-state index contributed by atoms with van der Waals surface area (Å²) in [4.78, 5) is 4.77. The predicted molar refractivity (Wildman–Crippen MR) is 89.6 cm³/mol. The lowest BCUT2D eigenvalue weighted by Gasteiger charge is -2.25. The van der Waals surface area contributed by atoms with E-state index in [-0.39, 0.29) is 11.5 Å². The molecule has 1 aliphatic carbocycles. The van der Waals surface area contributed by atoms with Crippen LogP contribution in [0.15, 0.2) is 33.3 Å². The molecule has 6 heteroatoms. The summed E-state index contributed by atoms with van der Waals surface area (Å²) in [6, 6.07) is 8.31. The molecule has 3 aliphatic rings. The Bertz CT molecular complexity index is 758. The molecule has 2 aromatic rings. The van der Waals surface area contributed by atoms with Crippen LogP contribution >= 0.6 is 15.9 Å². The summed E-state index contributed by atoms with van der Waals surface area (Å²) in [5, 5.41) is 4.33. The first kappa shape index (κ1) is 15.0. The molecule has 126 valence electrons. The Labute approximate surface area is 148 Å². The van der Waals surface area contributed by atoms with E-state index in [1.807, 2.05) is 6.07 Å². The van der Waals surface area contributed by atoms with Crippen molar-refractivity contribution in [2.45, 2.75) is 30.8 Å². The quantitative estimate of drug-likeness (QED) is 0.800. The lowest BCUT2D eigenvalue weighted by atomic mass is 9.87.